The second-order valence-electron chi connectivity index (χ2n) is 7.83. The smallest absolute Gasteiger partial charge is 0.275 e. The van der Waals surface area contributed by atoms with Crippen molar-refractivity contribution in [2.75, 3.05) is 17.7 Å². The quantitative estimate of drug-likeness (QED) is 0.388. The highest BCUT2D eigenvalue weighted by Crippen LogP contribution is 2.28. The monoisotopic (exact) mass is 477 g/mol. The Morgan fingerprint density at radius 2 is 1.76 bits per heavy atom. The van der Waals surface area contributed by atoms with Gasteiger partial charge < -0.3 is 16.0 Å². The molecule has 4 rings (SSSR count). The molecule has 34 heavy (non-hydrogen) atoms. The van der Waals surface area contributed by atoms with Crippen molar-refractivity contribution in [1.29, 1.82) is 0 Å². The first-order chi connectivity index (χ1) is 16.3. The summed E-state index contributed by atoms with van der Waals surface area (Å²) in [6.45, 7) is 5.69. The molecule has 3 N–H and O–H groups in total. The maximum atomic E-state index is 12.8. The van der Waals surface area contributed by atoms with Gasteiger partial charge in [-0.2, -0.15) is 0 Å². The van der Waals surface area contributed by atoms with Crippen LogP contribution in [0.1, 0.15) is 28.8 Å². The summed E-state index contributed by atoms with van der Waals surface area (Å²) in [5.41, 5.74) is 4.49. The lowest BCUT2D eigenvalue weighted by atomic mass is 10.1. The molecule has 1 unspecified atom stereocenters. The average Bonchev–Trinajstić information content (AvgIpc) is 3.12. The Kier molecular flexibility index (Phi) is 6.58. The zero-order valence-corrected chi connectivity index (χ0v) is 19.9. The Morgan fingerprint density at radius 1 is 1.03 bits per heavy atom. The third-order valence-electron chi connectivity index (χ3n) is 5.51. The van der Waals surface area contributed by atoms with Crippen molar-refractivity contribution in [2.45, 2.75) is 26.8 Å². The molecular formula is C24H24ClN7O2. The van der Waals surface area contributed by atoms with Gasteiger partial charge in [0.05, 0.1) is 22.5 Å². The number of anilines is 2. The molecule has 0 saturated heterocycles. The molecule has 9 nitrogen and oxygen atoms in total. The molecule has 0 spiro atoms. The SMILES string of the molecule is CNC(C)C(=O)Nc1cc(-c2cccc3nc(C)c(C)n23)cc(NC(=O)c2ccc(Cl)cn2)n1. The molecule has 174 valence electrons. The first-order valence-electron chi connectivity index (χ1n) is 10.6. The molecule has 10 heteroatoms. The van der Waals surface area contributed by atoms with E-state index in [1.54, 1.807) is 32.2 Å². The van der Waals surface area contributed by atoms with E-state index in [4.69, 9.17) is 11.6 Å². The second kappa shape index (κ2) is 9.58. The van der Waals surface area contributed by atoms with E-state index < -0.39 is 11.9 Å². The van der Waals surface area contributed by atoms with Crippen LogP contribution in [-0.4, -0.2) is 44.3 Å². The Morgan fingerprint density at radius 3 is 2.44 bits per heavy atom. The standard InChI is InChI=1S/C24H24ClN7O2/c1-13-15(3)32-19(6-5-7-22(32)28-13)16-10-20(30-23(33)14(2)26-4)29-21(11-16)31-24(34)18-9-8-17(25)12-27-18/h5-12,14,26H,1-4H3,(H2,29,30,31,33,34). The summed E-state index contributed by atoms with van der Waals surface area (Å²) in [6.07, 6.45) is 1.40. The molecule has 4 heterocycles. The largest absolute Gasteiger partial charge is 0.309 e. The first kappa shape index (κ1) is 23.3. The number of aryl methyl sites for hydroxylation is 2. The van der Waals surface area contributed by atoms with Gasteiger partial charge in [0.15, 0.2) is 0 Å². The van der Waals surface area contributed by atoms with Crippen LogP contribution in [0.3, 0.4) is 0 Å². The summed E-state index contributed by atoms with van der Waals surface area (Å²) >= 11 is 5.87. The number of nitrogens with zero attached hydrogens (tertiary/aromatic N) is 4. The highest BCUT2D eigenvalue weighted by atomic mass is 35.5. The minimum absolute atomic E-state index is 0.189. The fourth-order valence-corrected chi connectivity index (χ4v) is 3.55. The zero-order valence-electron chi connectivity index (χ0n) is 19.2. The van der Waals surface area contributed by atoms with Crippen molar-refractivity contribution in [3.8, 4) is 11.3 Å². The molecule has 0 bridgehead atoms. The minimum Gasteiger partial charge on any atom is -0.309 e. The van der Waals surface area contributed by atoms with Gasteiger partial charge >= 0.3 is 0 Å². The number of pyridine rings is 3. The normalized spacial score (nSPS) is 11.9. The number of halogens is 1. The Balaban J connectivity index is 1.78. The highest BCUT2D eigenvalue weighted by molar-refractivity contribution is 6.30. The number of amides is 2. The van der Waals surface area contributed by atoms with Crippen molar-refractivity contribution >= 4 is 40.7 Å². The highest BCUT2D eigenvalue weighted by Gasteiger charge is 2.17. The summed E-state index contributed by atoms with van der Waals surface area (Å²) in [5, 5.41) is 8.90. The zero-order chi connectivity index (χ0) is 24.4. The van der Waals surface area contributed by atoms with Crippen molar-refractivity contribution in [2.24, 2.45) is 0 Å². The molecule has 0 aliphatic heterocycles. The van der Waals surface area contributed by atoms with Crippen molar-refractivity contribution in [1.82, 2.24) is 24.7 Å². The molecule has 4 aromatic rings. The van der Waals surface area contributed by atoms with E-state index in [1.165, 1.54) is 12.3 Å². The number of carbonyl (C=O) groups is 2. The van der Waals surface area contributed by atoms with E-state index in [9.17, 15) is 9.59 Å². The van der Waals surface area contributed by atoms with Gasteiger partial charge in [-0.3, -0.25) is 14.0 Å². The van der Waals surface area contributed by atoms with Gasteiger partial charge in [0, 0.05) is 17.5 Å². The number of hydrogen-bond acceptors (Lipinski definition) is 6. The van der Waals surface area contributed by atoms with E-state index in [2.05, 4.69) is 30.9 Å². The van der Waals surface area contributed by atoms with E-state index in [0.717, 1.165) is 28.3 Å². The van der Waals surface area contributed by atoms with Gasteiger partial charge in [-0.15, -0.1) is 0 Å². The fraction of sp³-hybridized carbons (Fsp3) is 0.208. The maximum Gasteiger partial charge on any atom is 0.275 e. The van der Waals surface area contributed by atoms with Crippen LogP contribution in [0.15, 0.2) is 48.7 Å². The van der Waals surface area contributed by atoms with E-state index in [1.807, 2.05) is 36.4 Å². The van der Waals surface area contributed by atoms with Gasteiger partial charge in [0.25, 0.3) is 5.91 Å². The van der Waals surface area contributed by atoms with E-state index >= 15 is 0 Å². The van der Waals surface area contributed by atoms with Crippen molar-refractivity contribution in [3.05, 3.63) is 70.8 Å². The third-order valence-corrected chi connectivity index (χ3v) is 5.73. The summed E-state index contributed by atoms with van der Waals surface area (Å²) in [6, 6.07) is 12.0. The number of imidazole rings is 1. The lowest BCUT2D eigenvalue weighted by molar-refractivity contribution is -0.117. The van der Waals surface area contributed by atoms with E-state index in [-0.39, 0.29) is 17.4 Å². The van der Waals surface area contributed by atoms with Gasteiger partial charge in [-0.05, 0) is 64.2 Å². The minimum atomic E-state index is -0.449. The number of hydrogen-bond donors (Lipinski definition) is 3. The fourth-order valence-electron chi connectivity index (χ4n) is 3.44. The second-order valence-corrected chi connectivity index (χ2v) is 8.27. The molecule has 0 radical (unpaired) electrons. The summed E-state index contributed by atoms with van der Waals surface area (Å²) < 4.78 is 2.03. The van der Waals surface area contributed by atoms with Crippen LogP contribution in [0.2, 0.25) is 5.02 Å². The molecule has 0 aliphatic carbocycles. The number of carbonyl (C=O) groups excluding carboxylic acids is 2. The van der Waals surface area contributed by atoms with Crippen LogP contribution < -0.4 is 16.0 Å². The number of nitrogens with one attached hydrogen (secondary N) is 3. The molecule has 0 aromatic carbocycles. The Bertz CT molecular complexity index is 1380. The number of likely N-dealkylation sites (N-methyl/N-ethyl adjacent to an activating group) is 1. The van der Waals surface area contributed by atoms with Crippen LogP contribution in [0, 0.1) is 13.8 Å². The predicted octanol–water partition coefficient (Wildman–Crippen LogP) is 3.86. The van der Waals surface area contributed by atoms with Crippen molar-refractivity contribution < 1.29 is 9.59 Å². The lowest BCUT2D eigenvalue weighted by Gasteiger charge is -2.15. The summed E-state index contributed by atoms with van der Waals surface area (Å²) in [4.78, 5) is 38.4. The molecule has 1 atom stereocenters. The van der Waals surface area contributed by atoms with E-state index in [0.29, 0.717) is 10.8 Å². The summed E-state index contributed by atoms with van der Waals surface area (Å²) in [5.74, 6) is -0.139. The molecule has 0 aliphatic rings. The molecule has 4 aromatic heterocycles. The number of aromatic nitrogens is 4. The third kappa shape index (κ3) is 4.75. The van der Waals surface area contributed by atoms with Crippen LogP contribution in [0.4, 0.5) is 11.6 Å². The molecular weight excluding hydrogens is 454 g/mol. The molecule has 0 fully saturated rings. The van der Waals surface area contributed by atoms with Gasteiger partial charge in [-0.1, -0.05) is 17.7 Å². The number of fused-ring (bicyclic) bond motifs is 1. The van der Waals surface area contributed by atoms with Crippen molar-refractivity contribution in [3.63, 3.8) is 0 Å². The van der Waals surface area contributed by atoms with Gasteiger partial charge in [0.2, 0.25) is 5.91 Å². The molecule has 2 amide bonds. The average molecular weight is 478 g/mol. The van der Waals surface area contributed by atoms with Crippen LogP contribution >= 0.6 is 11.6 Å². The summed E-state index contributed by atoms with van der Waals surface area (Å²) in [7, 11) is 1.70. The maximum absolute atomic E-state index is 12.8. The van der Waals surface area contributed by atoms with Crippen LogP contribution in [0.25, 0.3) is 16.9 Å². The van der Waals surface area contributed by atoms with Crippen LogP contribution in [0.5, 0.6) is 0 Å². The first-order valence-corrected chi connectivity index (χ1v) is 11.0. The Hall–Kier alpha value is -3.82. The Labute approximate surface area is 201 Å². The van der Waals surface area contributed by atoms with Crippen LogP contribution in [-0.2, 0) is 4.79 Å². The van der Waals surface area contributed by atoms with Gasteiger partial charge in [0.1, 0.15) is 23.0 Å². The lowest BCUT2D eigenvalue weighted by Crippen LogP contribution is -2.35. The number of rotatable bonds is 6. The van der Waals surface area contributed by atoms with Gasteiger partial charge in [-0.25, -0.2) is 15.0 Å². The topological polar surface area (TPSA) is 113 Å². The molecule has 0 saturated carbocycles. The predicted molar refractivity (Wildman–Crippen MR) is 132 cm³/mol.